The fourth-order valence-corrected chi connectivity index (χ4v) is 1.81. The van der Waals surface area contributed by atoms with Gasteiger partial charge in [-0.2, -0.15) is 8.42 Å². The van der Waals surface area contributed by atoms with E-state index >= 15 is 0 Å². The van der Waals surface area contributed by atoms with Gasteiger partial charge in [0, 0.05) is 0 Å². The Kier molecular flexibility index (Phi) is 4.80. The van der Waals surface area contributed by atoms with Gasteiger partial charge in [0.1, 0.15) is 4.90 Å². The Labute approximate surface area is 103 Å². The first-order valence-corrected chi connectivity index (χ1v) is 5.09. The van der Waals surface area contributed by atoms with Crippen LogP contribution in [0.2, 0.25) is 0 Å². The first-order valence-electron chi connectivity index (χ1n) is 3.65. The number of hydrogen-bond donors (Lipinski definition) is 1. The molecule has 0 radical (unpaired) electrons. The van der Waals surface area contributed by atoms with Crippen molar-refractivity contribution in [2.45, 2.75) is 11.8 Å². The third-order valence-electron chi connectivity index (χ3n) is 1.62. The van der Waals surface area contributed by atoms with Crippen molar-refractivity contribution in [2.24, 2.45) is 0 Å². The van der Waals surface area contributed by atoms with Crippen LogP contribution in [0.5, 0.6) is 0 Å². The van der Waals surface area contributed by atoms with Crippen LogP contribution in [-0.2, 0) is 10.1 Å². The van der Waals surface area contributed by atoms with Crippen LogP contribution in [0.3, 0.4) is 0 Å². The standard InChI is InChI=1S/C9H10O3S.Mg.2H/c1-7(2)8-5-3-4-6-9(8)13(10,11)12;;;/h3-6H,1H2,2H3,(H,10,11,12);;;/q;+2;2*-1. The summed E-state index contributed by atoms with van der Waals surface area (Å²) in [7, 11) is -4.14. The summed E-state index contributed by atoms with van der Waals surface area (Å²) in [5.74, 6) is 0. The molecule has 14 heavy (non-hydrogen) atoms. The molecule has 1 aromatic carbocycles. The first-order chi connectivity index (χ1) is 5.93. The average molecular weight is 225 g/mol. The van der Waals surface area contributed by atoms with Gasteiger partial charge in [0.25, 0.3) is 10.1 Å². The molecular weight excluding hydrogens is 212 g/mol. The molecule has 0 aliphatic carbocycles. The molecule has 0 saturated carbocycles. The predicted octanol–water partition coefficient (Wildman–Crippen LogP) is 1.81. The van der Waals surface area contributed by atoms with Crippen LogP contribution < -0.4 is 0 Å². The maximum atomic E-state index is 10.9. The zero-order valence-electron chi connectivity index (χ0n) is 9.90. The molecule has 1 rings (SSSR count). The monoisotopic (exact) mass is 224 g/mol. The van der Waals surface area contributed by atoms with E-state index in [1.807, 2.05) is 0 Å². The topological polar surface area (TPSA) is 54.4 Å². The second-order valence-corrected chi connectivity index (χ2v) is 4.14. The minimum atomic E-state index is -4.14. The summed E-state index contributed by atoms with van der Waals surface area (Å²) >= 11 is 0. The van der Waals surface area contributed by atoms with Crippen molar-refractivity contribution in [2.75, 3.05) is 0 Å². The fourth-order valence-electron chi connectivity index (χ4n) is 1.04. The number of benzene rings is 1. The van der Waals surface area contributed by atoms with Crippen molar-refractivity contribution in [1.82, 2.24) is 0 Å². The normalized spacial score (nSPS) is 10.4. The van der Waals surface area contributed by atoms with Crippen molar-refractivity contribution in [1.29, 1.82) is 0 Å². The summed E-state index contributed by atoms with van der Waals surface area (Å²) < 4.78 is 30.6. The molecule has 0 saturated heterocycles. The van der Waals surface area contributed by atoms with Gasteiger partial charge in [0.05, 0.1) is 0 Å². The molecule has 0 fully saturated rings. The first kappa shape index (κ1) is 13.6. The molecule has 74 valence electrons. The summed E-state index contributed by atoms with van der Waals surface area (Å²) in [5, 5.41) is 0. The fraction of sp³-hybridized carbons (Fsp3) is 0.111. The zero-order valence-corrected chi connectivity index (χ0v) is 10.1. The smallest absolute Gasteiger partial charge is 1.00 e. The largest absolute Gasteiger partial charge is 2.00 e. The molecule has 0 aliphatic rings. The number of allylic oxidation sites excluding steroid dienone is 1. The minimum Gasteiger partial charge on any atom is -1.00 e. The minimum absolute atomic E-state index is 0. The molecule has 0 unspecified atom stereocenters. The van der Waals surface area contributed by atoms with Gasteiger partial charge in [-0.1, -0.05) is 24.8 Å². The van der Waals surface area contributed by atoms with E-state index in [-0.39, 0.29) is 30.8 Å². The summed E-state index contributed by atoms with van der Waals surface area (Å²) in [6.45, 7) is 5.31. The van der Waals surface area contributed by atoms with Crippen molar-refractivity contribution in [3.05, 3.63) is 36.4 Å². The average Bonchev–Trinajstić information content (AvgIpc) is 2.03. The van der Waals surface area contributed by atoms with Crippen molar-refractivity contribution >= 4 is 38.7 Å². The quantitative estimate of drug-likeness (QED) is 0.616. The van der Waals surface area contributed by atoms with Crippen LogP contribution in [0.15, 0.2) is 35.7 Å². The van der Waals surface area contributed by atoms with Gasteiger partial charge in [-0.05, 0) is 24.1 Å². The van der Waals surface area contributed by atoms with Gasteiger partial charge in [-0.15, -0.1) is 0 Å². The van der Waals surface area contributed by atoms with E-state index in [0.29, 0.717) is 11.1 Å². The maximum Gasteiger partial charge on any atom is 2.00 e. The molecule has 0 amide bonds. The van der Waals surface area contributed by atoms with Crippen molar-refractivity contribution < 1.29 is 15.8 Å². The van der Waals surface area contributed by atoms with Gasteiger partial charge in [-0.25, -0.2) is 0 Å². The zero-order chi connectivity index (χ0) is 10.1. The Bertz CT molecular complexity index is 446. The van der Waals surface area contributed by atoms with Crippen molar-refractivity contribution in [3.8, 4) is 0 Å². The molecule has 0 aliphatic heterocycles. The van der Waals surface area contributed by atoms with E-state index in [9.17, 15) is 8.42 Å². The third-order valence-corrected chi connectivity index (χ3v) is 2.54. The molecule has 0 bridgehead atoms. The van der Waals surface area contributed by atoms with Gasteiger partial charge in [0.2, 0.25) is 0 Å². The van der Waals surface area contributed by atoms with Crippen LogP contribution in [-0.4, -0.2) is 36.0 Å². The Morgan fingerprint density at radius 1 is 1.43 bits per heavy atom. The number of hydrogen-bond acceptors (Lipinski definition) is 2. The van der Waals surface area contributed by atoms with Gasteiger partial charge < -0.3 is 2.85 Å². The third kappa shape index (κ3) is 3.09. The Morgan fingerprint density at radius 2 is 1.93 bits per heavy atom. The van der Waals surface area contributed by atoms with Crippen LogP contribution in [0, 0.1) is 0 Å². The summed E-state index contributed by atoms with van der Waals surface area (Å²) in [6.07, 6.45) is 0. The van der Waals surface area contributed by atoms with E-state index in [1.165, 1.54) is 6.07 Å². The summed E-state index contributed by atoms with van der Waals surface area (Å²) in [6, 6.07) is 6.19. The van der Waals surface area contributed by atoms with Gasteiger partial charge >= 0.3 is 23.1 Å². The molecule has 1 aromatic rings. The Hall–Kier alpha value is -0.364. The molecule has 5 heteroatoms. The van der Waals surface area contributed by atoms with E-state index in [4.69, 9.17) is 4.55 Å². The van der Waals surface area contributed by atoms with Crippen LogP contribution in [0.1, 0.15) is 15.3 Å². The number of rotatable bonds is 2. The Morgan fingerprint density at radius 3 is 2.29 bits per heavy atom. The molecule has 0 atom stereocenters. The molecule has 0 aromatic heterocycles. The molecule has 0 heterocycles. The van der Waals surface area contributed by atoms with E-state index in [2.05, 4.69) is 6.58 Å². The van der Waals surface area contributed by atoms with Crippen LogP contribution >= 0.6 is 0 Å². The molecule has 3 nitrogen and oxygen atoms in total. The predicted molar refractivity (Wildman–Crippen MR) is 58.9 cm³/mol. The van der Waals surface area contributed by atoms with Crippen molar-refractivity contribution in [3.63, 3.8) is 0 Å². The second-order valence-electron chi connectivity index (χ2n) is 2.75. The SMILES string of the molecule is C=C(C)c1ccccc1S(=O)(=O)O.[H-].[H-].[Mg+2]. The Balaban J connectivity index is -0.000000563. The van der Waals surface area contributed by atoms with E-state index < -0.39 is 10.1 Å². The van der Waals surface area contributed by atoms with E-state index in [0.717, 1.165) is 0 Å². The van der Waals surface area contributed by atoms with Gasteiger partial charge in [0.15, 0.2) is 0 Å². The van der Waals surface area contributed by atoms with Crippen LogP contribution in [0.4, 0.5) is 0 Å². The molecule has 0 spiro atoms. The molecule has 1 N–H and O–H groups in total. The summed E-state index contributed by atoms with van der Waals surface area (Å²) in [4.78, 5) is -0.0949. The second kappa shape index (κ2) is 4.93. The maximum absolute atomic E-state index is 10.9. The van der Waals surface area contributed by atoms with Gasteiger partial charge in [-0.3, -0.25) is 4.55 Å². The van der Waals surface area contributed by atoms with E-state index in [1.54, 1.807) is 25.1 Å². The van der Waals surface area contributed by atoms with Crippen LogP contribution in [0.25, 0.3) is 5.57 Å². The molecular formula is C9H12MgO3S. The summed E-state index contributed by atoms with van der Waals surface area (Å²) in [5.41, 5.74) is 1.05.